The Balaban J connectivity index is 1.36. The van der Waals surface area contributed by atoms with Crippen LogP contribution < -0.4 is 4.90 Å². The van der Waals surface area contributed by atoms with Gasteiger partial charge in [-0.3, -0.25) is 15.0 Å². The number of hydrogen-bond acceptors (Lipinski definition) is 6. The lowest BCUT2D eigenvalue weighted by Gasteiger charge is -2.15. The molecule has 1 amide bonds. The highest BCUT2D eigenvalue weighted by molar-refractivity contribution is 5.92. The van der Waals surface area contributed by atoms with E-state index in [1.54, 1.807) is 54.9 Å². The molecule has 8 nitrogen and oxygen atoms in total. The van der Waals surface area contributed by atoms with Crippen LogP contribution in [0.2, 0.25) is 0 Å². The average Bonchev–Trinajstić information content (AvgIpc) is 3.51. The Morgan fingerprint density at radius 3 is 2.77 bits per heavy atom. The third-order valence-electron chi connectivity index (χ3n) is 5.86. The zero-order chi connectivity index (χ0) is 24.4. The Hall–Kier alpha value is -4.53. The molecule has 1 unspecified atom stereocenters. The summed E-state index contributed by atoms with van der Waals surface area (Å²) in [6, 6.07) is 17.0. The van der Waals surface area contributed by atoms with Gasteiger partial charge >= 0.3 is 12.1 Å². The zero-order valence-electron chi connectivity index (χ0n) is 18.8. The van der Waals surface area contributed by atoms with E-state index in [1.807, 2.05) is 12.1 Å². The van der Waals surface area contributed by atoms with E-state index in [2.05, 4.69) is 15.2 Å². The van der Waals surface area contributed by atoms with Crippen molar-refractivity contribution in [3.63, 3.8) is 0 Å². The zero-order valence-corrected chi connectivity index (χ0v) is 18.8. The van der Waals surface area contributed by atoms with Crippen LogP contribution in [0.1, 0.15) is 15.9 Å². The molecule has 4 aromatic rings. The minimum Gasteiger partial charge on any atom is -0.465 e. The number of rotatable bonds is 6. The normalized spacial score (nSPS) is 15.2. The monoisotopic (exact) mass is 472 g/mol. The highest BCUT2D eigenvalue weighted by Gasteiger charge is 2.33. The summed E-state index contributed by atoms with van der Waals surface area (Å²) >= 11 is 0. The highest BCUT2D eigenvalue weighted by atomic mass is 19.1. The van der Waals surface area contributed by atoms with Gasteiger partial charge in [0, 0.05) is 23.7 Å². The molecule has 3 heterocycles. The molecule has 1 N–H and O–H groups in total. The van der Waals surface area contributed by atoms with E-state index >= 15 is 4.39 Å². The summed E-state index contributed by atoms with van der Waals surface area (Å²) in [5, 5.41) is 6.89. The molecule has 1 fully saturated rings. The van der Waals surface area contributed by atoms with Crippen LogP contribution in [0.15, 0.2) is 73.1 Å². The molecule has 176 valence electrons. The average molecular weight is 472 g/mol. The van der Waals surface area contributed by atoms with Crippen molar-refractivity contribution in [2.45, 2.75) is 12.5 Å². The van der Waals surface area contributed by atoms with Crippen molar-refractivity contribution in [3.05, 3.63) is 90.0 Å². The Morgan fingerprint density at radius 2 is 2.00 bits per heavy atom. The van der Waals surface area contributed by atoms with Crippen molar-refractivity contribution in [3.8, 4) is 22.5 Å². The van der Waals surface area contributed by atoms with Gasteiger partial charge in [0.15, 0.2) is 0 Å². The second kappa shape index (κ2) is 9.38. The number of esters is 1. The van der Waals surface area contributed by atoms with Crippen molar-refractivity contribution >= 4 is 17.7 Å². The minimum atomic E-state index is -0.576. The summed E-state index contributed by atoms with van der Waals surface area (Å²) < 4.78 is 25.6. The third kappa shape index (κ3) is 4.35. The lowest BCUT2D eigenvalue weighted by atomic mass is 10.0. The summed E-state index contributed by atoms with van der Waals surface area (Å²) in [5.74, 6) is -0.973. The first-order valence-electron chi connectivity index (χ1n) is 10.9. The molecule has 1 aliphatic heterocycles. The van der Waals surface area contributed by atoms with Crippen molar-refractivity contribution in [2.24, 2.45) is 0 Å². The number of aromatic nitrogens is 3. The number of benzene rings is 2. The molecule has 2 aromatic carbocycles. The van der Waals surface area contributed by atoms with Gasteiger partial charge < -0.3 is 9.47 Å². The van der Waals surface area contributed by atoms with Gasteiger partial charge in [-0.05, 0) is 42.0 Å². The predicted molar refractivity (Wildman–Crippen MR) is 126 cm³/mol. The van der Waals surface area contributed by atoms with Gasteiger partial charge in [-0.25, -0.2) is 14.0 Å². The standard InChI is InChI=1S/C26H21FN4O4/c1-34-25(32)19-7-3-2-6-16(19)12-18-15-31(26(33)35-18)17-9-10-20(22(27)13-17)24-21(14-29-30-24)23-8-4-5-11-28-23/h2-11,13-14,18H,12,15H2,1H3,(H,29,30). The molecule has 35 heavy (non-hydrogen) atoms. The Kier molecular flexibility index (Phi) is 5.97. The number of halogens is 1. The van der Waals surface area contributed by atoms with Gasteiger partial charge in [-0.2, -0.15) is 5.10 Å². The molecule has 0 saturated carbocycles. The number of nitrogens with one attached hydrogen (secondary N) is 1. The summed E-state index contributed by atoms with van der Waals surface area (Å²) in [6.07, 6.45) is 2.51. The number of carbonyl (C=O) groups is 2. The number of carbonyl (C=O) groups excluding carboxylic acids is 2. The third-order valence-corrected chi connectivity index (χ3v) is 5.86. The predicted octanol–water partition coefficient (Wildman–Crippen LogP) is 4.63. The van der Waals surface area contributed by atoms with E-state index in [4.69, 9.17) is 9.47 Å². The minimum absolute atomic E-state index is 0.219. The van der Waals surface area contributed by atoms with E-state index in [0.29, 0.717) is 45.7 Å². The molecule has 5 rings (SSSR count). The van der Waals surface area contributed by atoms with Crippen LogP contribution in [0.3, 0.4) is 0 Å². The van der Waals surface area contributed by atoms with E-state index in [9.17, 15) is 9.59 Å². The topological polar surface area (TPSA) is 97.4 Å². The first kappa shape index (κ1) is 22.3. The van der Waals surface area contributed by atoms with Gasteiger partial charge in [0.1, 0.15) is 11.9 Å². The van der Waals surface area contributed by atoms with Crippen LogP contribution >= 0.6 is 0 Å². The number of H-pyrrole nitrogens is 1. The number of methoxy groups -OCH3 is 1. The van der Waals surface area contributed by atoms with E-state index < -0.39 is 24.0 Å². The van der Waals surface area contributed by atoms with Gasteiger partial charge in [-0.1, -0.05) is 24.3 Å². The number of cyclic esters (lactones) is 1. The van der Waals surface area contributed by atoms with E-state index in [1.165, 1.54) is 18.1 Å². The lowest BCUT2D eigenvalue weighted by Crippen LogP contribution is -2.25. The molecule has 0 bridgehead atoms. The maximum Gasteiger partial charge on any atom is 0.414 e. The quantitative estimate of drug-likeness (QED) is 0.411. The number of pyridine rings is 1. The maximum atomic E-state index is 15.2. The highest BCUT2D eigenvalue weighted by Crippen LogP contribution is 2.33. The number of nitrogens with zero attached hydrogens (tertiary/aromatic N) is 3. The molecule has 0 radical (unpaired) electrons. The van der Waals surface area contributed by atoms with Crippen LogP contribution in [-0.4, -0.2) is 47.0 Å². The Morgan fingerprint density at radius 1 is 1.17 bits per heavy atom. The summed E-state index contributed by atoms with van der Waals surface area (Å²) in [5.41, 5.74) is 3.64. The molecule has 2 aromatic heterocycles. The summed E-state index contributed by atoms with van der Waals surface area (Å²) in [4.78, 5) is 30.3. The largest absolute Gasteiger partial charge is 0.465 e. The van der Waals surface area contributed by atoms with Crippen LogP contribution in [0.4, 0.5) is 14.9 Å². The van der Waals surface area contributed by atoms with Crippen molar-refractivity contribution < 1.29 is 23.5 Å². The van der Waals surface area contributed by atoms with Crippen molar-refractivity contribution in [1.82, 2.24) is 15.2 Å². The van der Waals surface area contributed by atoms with Crippen molar-refractivity contribution in [2.75, 3.05) is 18.6 Å². The smallest absolute Gasteiger partial charge is 0.414 e. The number of ether oxygens (including phenoxy) is 2. The van der Waals surface area contributed by atoms with Gasteiger partial charge in [0.25, 0.3) is 0 Å². The number of aromatic amines is 1. The SMILES string of the molecule is COC(=O)c1ccccc1CC1CN(c2ccc(-c3[nH]ncc3-c3ccccn3)c(F)c2)C(=O)O1. The second-order valence-corrected chi connectivity index (χ2v) is 8.01. The molecular formula is C26H21FN4O4. The number of amides is 1. The lowest BCUT2D eigenvalue weighted by molar-refractivity contribution is 0.0599. The van der Waals surface area contributed by atoms with Crippen LogP contribution in [0.25, 0.3) is 22.5 Å². The van der Waals surface area contributed by atoms with Gasteiger partial charge in [0.2, 0.25) is 0 Å². The van der Waals surface area contributed by atoms with Crippen LogP contribution in [0, 0.1) is 5.82 Å². The molecule has 0 aliphatic carbocycles. The first-order valence-corrected chi connectivity index (χ1v) is 10.9. The summed E-state index contributed by atoms with van der Waals surface area (Å²) in [7, 11) is 1.32. The summed E-state index contributed by atoms with van der Waals surface area (Å²) in [6.45, 7) is 0.219. The second-order valence-electron chi connectivity index (χ2n) is 8.01. The molecular weight excluding hydrogens is 451 g/mol. The van der Waals surface area contributed by atoms with Crippen LogP contribution in [0.5, 0.6) is 0 Å². The first-order chi connectivity index (χ1) is 17.0. The van der Waals surface area contributed by atoms with Crippen LogP contribution in [-0.2, 0) is 15.9 Å². The molecule has 1 atom stereocenters. The van der Waals surface area contributed by atoms with E-state index in [0.717, 1.165) is 0 Å². The Labute approximate surface area is 200 Å². The van der Waals surface area contributed by atoms with Gasteiger partial charge in [-0.15, -0.1) is 0 Å². The van der Waals surface area contributed by atoms with E-state index in [-0.39, 0.29) is 6.54 Å². The fraction of sp³-hybridized carbons (Fsp3) is 0.154. The van der Waals surface area contributed by atoms with Crippen molar-refractivity contribution in [1.29, 1.82) is 0 Å². The Bertz CT molecular complexity index is 1390. The fourth-order valence-electron chi connectivity index (χ4n) is 4.17. The molecule has 1 saturated heterocycles. The maximum absolute atomic E-state index is 15.2. The number of hydrogen-bond donors (Lipinski definition) is 1. The van der Waals surface area contributed by atoms with Gasteiger partial charge in [0.05, 0.1) is 42.5 Å². The molecule has 9 heteroatoms. The number of anilines is 1. The molecule has 0 spiro atoms. The fourth-order valence-corrected chi connectivity index (χ4v) is 4.17. The molecule has 1 aliphatic rings.